The molecule has 0 radical (unpaired) electrons. The lowest BCUT2D eigenvalue weighted by Crippen LogP contribution is -2.33. The SMILES string of the molecule is CNC(=O)C(C)Oc1ccc(C(N)=S)c(Cl)c1. The number of rotatable bonds is 4. The second-order valence-corrected chi connectivity index (χ2v) is 4.23. The van der Waals surface area contributed by atoms with Gasteiger partial charge in [-0.25, -0.2) is 0 Å². The summed E-state index contributed by atoms with van der Waals surface area (Å²) in [7, 11) is 1.55. The fraction of sp³-hybridized carbons (Fsp3) is 0.273. The monoisotopic (exact) mass is 272 g/mol. The first-order valence-corrected chi connectivity index (χ1v) is 5.72. The number of nitrogens with two attached hydrogens (primary N) is 1. The Morgan fingerprint density at radius 1 is 1.59 bits per heavy atom. The molecule has 6 heteroatoms. The third-order valence-corrected chi connectivity index (χ3v) is 2.67. The maximum Gasteiger partial charge on any atom is 0.260 e. The number of amides is 1. The number of ether oxygens (including phenoxy) is 1. The highest BCUT2D eigenvalue weighted by Gasteiger charge is 2.13. The fourth-order valence-corrected chi connectivity index (χ4v) is 1.74. The number of thiocarbonyl (C=S) groups is 1. The number of benzene rings is 1. The van der Waals surface area contributed by atoms with E-state index in [2.05, 4.69) is 5.32 Å². The Labute approximate surface area is 110 Å². The van der Waals surface area contributed by atoms with Crippen molar-refractivity contribution in [1.29, 1.82) is 0 Å². The lowest BCUT2D eigenvalue weighted by atomic mass is 10.2. The summed E-state index contributed by atoms with van der Waals surface area (Å²) in [6.45, 7) is 1.65. The molecule has 0 bridgehead atoms. The maximum absolute atomic E-state index is 11.3. The zero-order chi connectivity index (χ0) is 13.0. The minimum Gasteiger partial charge on any atom is -0.481 e. The van der Waals surface area contributed by atoms with Crippen LogP contribution < -0.4 is 15.8 Å². The lowest BCUT2D eigenvalue weighted by molar-refractivity contribution is -0.126. The van der Waals surface area contributed by atoms with Gasteiger partial charge >= 0.3 is 0 Å². The first-order valence-electron chi connectivity index (χ1n) is 4.93. The van der Waals surface area contributed by atoms with Crippen LogP contribution >= 0.6 is 23.8 Å². The molecule has 1 atom stereocenters. The number of halogens is 1. The van der Waals surface area contributed by atoms with Gasteiger partial charge in [-0.1, -0.05) is 23.8 Å². The van der Waals surface area contributed by atoms with Crippen LogP contribution in [0, 0.1) is 0 Å². The molecule has 3 N–H and O–H groups in total. The summed E-state index contributed by atoms with van der Waals surface area (Å²) in [5.74, 6) is 0.283. The van der Waals surface area contributed by atoms with E-state index in [0.717, 1.165) is 0 Å². The normalized spacial score (nSPS) is 11.7. The first-order chi connectivity index (χ1) is 7.95. The first kappa shape index (κ1) is 13.7. The van der Waals surface area contributed by atoms with Gasteiger partial charge in [0.1, 0.15) is 10.7 Å². The van der Waals surface area contributed by atoms with Gasteiger partial charge in [0.05, 0.1) is 5.02 Å². The van der Waals surface area contributed by atoms with Crippen LogP contribution in [0.15, 0.2) is 18.2 Å². The van der Waals surface area contributed by atoms with E-state index < -0.39 is 6.10 Å². The van der Waals surface area contributed by atoms with Crippen LogP contribution in [0.2, 0.25) is 5.02 Å². The van der Waals surface area contributed by atoms with Crippen LogP contribution in [0.4, 0.5) is 0 Å². The molecule has 0 saturated heterocycles. The third kappa shape index (κ3) is 3.57. The molecular formula is C11H13ClN2O2S. The molecule has 0 aliphatic heterocycles. The summed E-state index contributed by atoms with van der Waals surface area (Å²) < 4.78 is 5.40. The van der Waals surface area contributed by atoms with Crippen LogP contribution in [-0.4, -0.2) is 24.0 Å². The summed E-state index contributed by atoms with van der Waals surface area (Å²) in [6, 6.07) is 4.91. The van der Waals surface area contributed by atoms with Crippen molar-refractivity contribution in [1.82, 2.24) is 5.32 Å². The predicted octanol–water partition coefficient (Wildman–Crippen LogP) is 1.49. The van der Waals surface area contributed by atoms with Gasteiger partial charge in [0.15, 0.2) is 6.10 Å². The van der Waals surface area contributed by atoms with E-state index in [9.17, 15) is 4.79 Å². The number of likely N-dealkylation sites (N-methyl/N-ethyl adjacent to an activating group) is 1. The molecule has 0 heterocycles. The smallest absolute Gasteiger partial charge is 0.260 e. The minimum absolute atomic E-state index is 0.209. The number of carbonyl (C=O) groups excluding carboxylic acids is 1. The van der Waals surface area contributed by atoms with Crippen molar-refractivity contribution in [3.8, 4) is 5.75 Å². The minimum atomic E-state index is -0.591. The van der Waals surface area contributed by atoms with Crippen molar-refractivity contribution in [3.05, 3.63) is 28.8 Å². The summed E-state index contributed by atoms with van der Waals surface area (Å²) in [4.78, 5) is 11.5. The summed E-state index contributed by atoms with van der Waals surface area (Å²) >= 11 is 10.8. The summed E-state index contributed by atoms with van der Waals surface area (Å²) in [6.07, 6.45) is -0.591. The molecule has 0 saturated carbocycles. The van der Waals surface area contributed by atoms with Gasteiger partial charge in [-0.3, -0.25) is 4.79 Å². The van der Waals surface area contributed by atoms with Gasteiger partial charge in [-0.2, -0.15) is 0 Å². The number of hydrogen-bond acceptors (Lipinski definition) is 3. The molecular weight excluding hydrogens is 260 g/mol. The Hall–Kier alpha value is -1.33. The van der Waals surface area contributed by atoms with Crippen LogP contribution in [0.1, 0.15) is 12.5 Å². The third-order valence-electron chi connectivity index (χ3n) is 2.13. The highest BCUT2D eigenvalue weighted by molar-refractivity contribution is 7.80. The standard InChI is InChI=1S/C11H13ClN2O2S/c1-6(11(15)14-2)16-7-3-4-8(10(13)17)9(12)5-7/h3-6H,1-2H3,(H2,13,17)(H,14,15). The van der Waals surface area contributed by atoms with Crippen molar-refractivity contribution in [2.24, 2.45) is 5.73 Å². The predicted molar refractivity (Wildman–Crippen MR) is 71.5 cm³/mol. The number of carbonyl (C=O) groups is 1. The Balaban J connectivity index is 2.84. The molecule has 0 aliphatic carbocycles. The molecule has 0 aromatic heterocycles. The number of nitrogens with one attached hydrogen (secondary N) is 1. The summed E-state index contributed by atoms with van der Waals surface area (Å²) in [5.41, 5.74) is 6.06. The molecule has 4 nitrogen and oxygen atoms in total. The van der Waals surface area contributed by atoms with Gasteiger partial charge < -0.3 is 15.8 Å². The molecule has 1 unspecified atom stereocenters. The molecule has 1 aromatic rings. The van der Waals surface area contributed by atoms with Crippen LogP contribution in [-0.2, 0) is 4.79 Å². The topological polar surface area (TPSA) is 64.3 Å². The Morgan fingerprint density at radius 3 is 2.71 bits per heavy atom. The molecule has 0 fully saturated rings. The highest BCUT2D eigenvalue weighted by atomic mass is 35.5. The average Bonchev–Trinajstić information content (AvgIpc) is 2.27. The molecule has 0 spiro atoms. The molecule has 92 valence electrons. The Morgan fingerprint density at radius 2 is 2.24 bits per heavy atom. The van der Waals surface area contributed by atoms with E-state index in [4.69, 9.17) is 34.3 Å². The Bertz CT molecular complexity index is 451. The van der Waals surface area contributed by atoms with Crippen molar-refractivity contribution in [2.45, 2.75) is 13.0 Å². The van der Waals surface area contributed by atoms with Crippen LogP contribution in [0.25, 0.3) is 0 Å². The zero-order valence-corrected chi connectivity index (χ0v) is 11.1. The van der Waals surface area contributed by atoms with Crippen molar-refractivity contribution in [2.75, 3.05) is 7.05 Å². The maximum atomic E-state index is 11.3. The second kappa shape index (κ2) is 5.84. The molecule has 1 aromatic carbocycles. The van der Waals surface area contributed by atoms with E-state index in [1.165, 1.54) is 0 Å². The van der Waals surface area contributed by atoms with Crippen LogP contribution in [0.5, 0.6) is 5.75 Å². The van der Waals surface area contributed by atoms with E-state index in [1.807, 2.05) is 0 Å². The number of hydrogen-bond donors (Lipinski definition) is 2. The van der Waals surface area contributed by atoms with E-state index in [1.54, 1.807) is 32.2 Å². The van der Waals surface area contributed by atoms with Crippen molar-refractivity contribution >= 4 is 34.7 Å². The lowest BCUT2D eigenvalue weighted by Gasteiger charge is -2.14. The van der Waals surface area contributed by atoms with Gasteiger partial charge in [0.25, 0.3) is 5.91 Å². The Kier molecular flexibility index (Phi) is 4.72. The highest BCUT2D eigenvalue weighted by Crippen LogP contribution is 2.23. The van der Waals surface area contributed by atoms with E-state index in [0.29, 0.717) is 16.3 Å². The van der Waals surface area contributed by atoms with Gasteiger partial charge in [-0.05, 0) is 25.1 Å². The van der Waals surface area contributed by atoms with E-state index in [-0.39, 0.29) is 10.9 Å². The fourth-order valence-electron chi connectivity index (χ4n) is 1.23. The van der Waals surface area contributed by atoms with Crippen LogP contribution in [0.3, 0.4) is 0 Å². The van der Waals surface area contributed by atoms with Crippen molar-refractivity contribution in [3.63, 3.8) is 0 Å². The van der Waals surface area contributed by atoms with Crippen molar-refractivity contribution < 1.29 is 9.53 Å². The molecule has 17 heavy (non-hydrogen) atoms. The molecule has 0 aliphatic rings. The molecule has 1 rings (SSSR count). The largest absolute Gasteiger partial charge is 0.481 e. The van der Waals surface area contributed by atoms with E-state index >= 15 is 0 Å². The van der Waals surface area contributed by atoms with Gasteiger partial charge in [0, 0.05) is 12.6 Å². The summed E-state index contributed by atoms with van der Waals surface area (Å²) in [5, 5.41) is 2.89. The average molecular weight is 273 g/mol. The zero-order valence-electron chi connectivity index (χ0n) is 9.49. The quantitative estimate of drug-likeness (QED) is 0.815. The van der Waals surface area contributed by atoms with Gasteiger partial charge in [0.2, 0.25) is 0 Å². The van der Waals surface area contributed by atoms with Gasteiger partial charge in [-0.15, -0.1) is 0 Å². The molecule has 1 amide bonds. The second-order valence-electron chi connectivity index (χ2n) is 3.38.